The Balaban J connectivity index is 1.80. The summed E-state index contributed by atoms with van der Waals surface area (Å²) in [5, 5.41) is 0. The predicted molar refractivity (Wildman–Crippen MR) is 86.8 cm³/mol. The Labute approximate surface area is 126 Å². The standard InChI is InChI=1S/C16H16N2O2S/c1-3-11-5-4-6-12(9-11)17-21-13-7-8-14-15(10-13)20-16(19)18(14)2/h4-10,17H,3H2,1-2H3. The van der Waals surface area contributed by atoms with Crippen LogP contribution in [-0.2, 0) is 13.5 Å². The first-order valence-electron chi connectivity index (χ1n) is 6.79. The third-order valence-corrected chi connectivity index (χ3v) is 4.21. The number of fused-ring (bicyclic) bond motifs is 1. The molecular formula is C16H16N2O2S. The number of aryl methyl sites for hydroxylation is 2. The third kappa shape index (κ3) is 2.83. The van der Waals surface area contributed by atoms with Crippen LogP contribution in [0.15, 0.2) is 56.6 Å². The molecule has 0 aliphatic heterocycles. The van der Waals surface area contributed by atoms with E-state index >= 15 is 0 Å². The molecule has 0 aliphatic rings. The van der Waals surface area contributed by atoms with Crippen LogP contribution >= 0.6 is 11.9 Å². The van der Waals surface area contributed by atoms with Gasteiger partial charge in [0.1, 0.15) is 0 Å². The average molecular weight is 300 g/mol. The van der Waals surface area contributed by atoms with Gasteiger partial charge in [-0.15, -0.1) is 0 Å². The van der Waals surface area contributed by atoms with Crippen molar-refractivity contribution in [1.29, 1.82) is 0 Å². The van der Waals surface area contributed by atoms with Gasteiger partial charge in [0.25, 0.3) is 0 Å². The van der Waals surface area contributed by atoms with Crippen molar-refractivity contribution in [3.05, 3.63) is 58.6 Å². The van der Waals surface area contributed by atoms with Crippen molar-refractivity contribution >= 4 is 28.7 Å². The maximum absolute atomic E-state index is 11.5. The number of oxazole rings is 1. The Morgan fingerprint density at radius 1 is 1.24 bits per heavy atom. The normalized spacial score (nSPS) is 11.0. The number of benzene rings is 2. The van der Waals surface area contributed by atoms with Gasteiger partial charge in [-0.2, -0.15) is 0 Å². The molecule has 0 fully saturated rings. The lowest BCUT2D eigenvalue weighted by molar-refractivity contribution is 0.527. The van der Waals surface area contributed by atoms with Crippen LogP contribution in [0.4, 0.5) is 5.69 Å². The molecular weight excluding hydrogens is 284 g/mol. The number of nitrogens with zero attached hydrogens (tertiary/aromatic N) is 1. The second-order valence-corrected chi connectivity index (χ2v) is 5.69. The van der Waals surface area contributed by atoms with Crippen LogP contribution in [0.25, 0.3) is 11.1 Å². The molecule has 0 saturated carbocycles. The summed E-state index contributed by atoms with van der Waals surface area (Å²) in [6, 6.07) is 14.1. The molecule has 1 N–H and O–H groups in total. The molecule has 1 aromatic heterocycles. The van der Waals surface area contributed by atoms with E-state index in [1.165, 1.54) is 22.1 Å². The molecule has 4 nitrogen and oxygen atoms in total. The van der Waals surface area contributed by atoms with Crippen LogP contribution in [0, 0.1) is 0 Å². The lowest BCUT2D eigenvalue weighted by atomic mass is 10.1. The highest BCUT2D eigenvalue weighted by molar-refractivity contribution is 8.00. The van der Waals surface area contributed by atoms with Gasteiger partial charge in [-0.05, 0) is 54.3 Å². The molecule has 3 rings (SSSR count). The van der Waals surface area contributed by atoms with E-state index in [2.05, 4.69) is 23.8 Å². The van der Waals surface area contributed by atoms with Gasteiger partial charge in [0, 0.05) is 17.6 Å². The fraction of sp³-hybridized carbons (Fsp3) is 0.188. The summed E-state index contributed by atoms with van der Waals surface area (Å²) in [6.07, 6.45) is 1.02. The van der Waals surface area contributed by atoms with Crippen molar-refractivity contribution in [2.75, 3.05) is 4.72 Å². The summed E-state index contributed by atoms with van der Waals surface area (Å²) in [5.41, 5.74) is 3.77. The number of rotatable bonds is 4. The lowest BCUT2D eigenvalue weighted by Gasteiger charge is -2.06. The average Bonchev–Trinajstić information content (AvgIpc) is 2.80. The zero-order valence-electron chi connectivity index (χ0n) is 11.9. The number of hydrogen-bond acceptors (Lipinski definition) is 4. The maximum Gasteiger partial charge on any atom is 0.419 e. The molecule has 21 heavy (non-hydrogen) atoms. The Kier molecular flexibility index (Phi) is 3.75. The number of nitrogens with one attached hydrogen (secondary N) is 1. The van der Waals surface area contributed by atoms with Gasteiger partial charge >= 0.3 is 5.76 Å². The van der Waals surface area contributed by atoms with E-state index in [1.807, 2.05) is 30.3 Å². The highest BCUT2D eigenvalue weighted by Gasteiger charge is 2.06. The van der Waals surface area contributed by atoms with Crippen molar-refractivity contribution in [2.45, 2.75) is 18.2 Å². The van der Waals surface area contributed by atoms with Crippen molar-refractivity contribution < 1.29 is 4.42 Å². The SMILES string of the molecule is CCc1cccc(NSc2ccc3c(c2)oc(=O)n3C)c1. The van der Waals surface area contributed by atoms with E-state index in [0.29, 0.717) is 5.58 Å². The zero-order valence-corrected chi connectivity index (χ0v) is 12.7. The van der Waals surface area contributed by atoms with Gasteiger partial charge in [-0.1, -0.05) is 19.1 Å². The van der Waals surface area contributed by atoms with Crippen molar-refractivity contribution in [3.8, 4) is 0 Å². The molecule has 0 unspecified atom stereocenters. The molecule has 0 amide bonds. The molecule has 3 aromatic rings. The van der Waals surface area contributed by atoms with Gasteiger partial charge in [-0.25, -0.2) is 4.79 Å². The van der Waals surface area contributed by atoms with E-state index in [9.17, 15) is 4.79 Å². The summed E-state index contributed by atoms with van der Waals surface area (Å²) in [7, 11) is 1.70. The molecule has 0 aliphatic carbocycles. The third-order valence-electron chi connectivity index (χ3n) is 3.39. The smallest absolute Gasteiger partial charge is 0.408 e. The molecule has 0 radical (unpaired) electrons. The van der Waals surface area contributed by atoms with Crippen LogP contribution in [0.5, 0.6) is 0 Å². The van der Waals surface area contributed by atoms with Crippen LogP contribution < -0.4 is 10.5 Å². The summed E-state index contributed by atoms with van der Waals surface area (Å²) < 4.78 is 10.0. The molecule has 5 heteroatoms. The summed E-state index contributed by atoms with van der Waals surface area (Å²) in [5.74, 6) is -0.337. The molecule has 0 saturated heterocycles. The van der Waals surface area contributed by atoms with Gasteiger partial charge in [0.15, 0.2) is 5.58 Å². The van der Waals surface area contributed by atoms with Gasteiger partial charge in [-0.3, -0.25) is 4.57 Å². The van der Waals surface area contributed by atoms with Crippen LogP contribution in [0.1, 0.15) is 12.5 Å². The summed E-state index contributed by atoms with van der Waals surface area (Å²) >= 11 is 1.50. The fourth-order valence-corrected chi connectivity index (χ4v) is 2.81. The Bertz CT molecular complexity index is 836. The van der Waals surface area contributed by atoms with Gasteiger partial charge < -0.3 is 9.14 Å². The largest absolute Gasteiger partial charge is 0.419 e. The number of hydrogen-bond donors (Lipinski definition) is 1. The Morgan fingerprint density at radius 3 is 2.90 bits per heavy atom. The van der Waals surface area contributed by atoms with Gasteiger partial charge in [0.2, 0.25) is 0 Å². The van der Waals surface area contributed by atoms with Crippen molar-refractivity contribution in [3.63, 3.8) is 0 Å². The van der Waals surface area contributed by atoms with Crippen LogP contribution in [-0.4, -0.2) is 4.57 Å². The zero-order chi connectivity index (χ0) is 14.8. The van der Waals surface area contributed by atoms with E-state index in [-0.39, 0.29) is 5.76 Å². The quantitative estimate of drug-likeness (QED) is 0.744. The Hall–Kier alpha value is -2.14. The second kappa shape index (κ2) is 5.69. The second-order valence-electron chi connectivity index (χ2n) is 4.81. The van der Waals surface area contributed by atoms with E-state index in [0.717, 1.165) is 22.5 Å². The van der Waals surface area contributed by atoms with Crippen molar-refractivity contribution in [2.24, 2.45) is 7.05 Å². The fourth-order valence-electron chi connectivity index (χ4n) is 2.15. The minimum Gasteiger partial charge on any atom is -0.408 e. The topological polar surface area (TPSA) is 47.2 Å². The van der Waals surface area contributed by atoms with Gasteiger partial charge in [0.05, 0.1) is 5.52 Å². The minimum absolute atomic E-state index is 0.337. The molecule has 0 bridgehead atoms. The molecule has 108 valence electrons. The molecule has 0 atom stereocenters. The summed E-state index contributed by atoms with van der Waals surface area (Å²) in [6.45, 7) is 2.14. The summed E-state index contributed by atoms with van der Waals surface area (Å²) in [4.78, 5) is 12.5. The van der Waals surface area contributed by atoms with Crippen LogP contribution in [0.2, 0.25) is 0 Å². The lowest BCUT2D eigenvalue weighted by Crippen LogP contribution is -2.08. The Morgan fingerprint density at radius 2 is 2.10 bits per heavy atom. The predicted octanol–water partition coefficient (Wildman–Crippen LogP) is 3.81. The first-order chi connectivity index (χ1) is 10.2. The molecule has 1 heterocycles. The monoisotopic (exact) mass is 300 g/mol. The highest BCUT2D eigenvalue weighted by Crippen LogP contribution is 2.25. The van der Waals surface area contributed by atoms with Crippen LogP contribution in [0.3, 0.4) is 0 Å². The number of aromatic nitrogens is 1. The first-order valence-corrected chi connectivity index (χ1v) is 7.60. The van der Waals surface area contributed by atoms with E-state index in [1.54, 1.807) is 7.05 Å². The first kappa shape index (κ1) is 13.8. The highest BCUT2D eigenvalue weighted by atomic mass is 32.2. The van der Waals surface area contributed by atoms with E-state index < -0.39 is 0 Å². The van der Waals surface area contributed by atoms with Crippen molar-refractivity contribution in [1.82, 2.24) is 4.57 Å². The molecule has 2 aromatic carbocycles. The molecule has 0 spiro atoms. The van der Waals surface area contributed by atoms with E-state index in [4.69, 9.17) is 4.42 Å². The minimum atomic E-state index is -0.337. The number of anilines is 1. The maximum atomic E-state index is 11.5.